The average molecular weight is 263 g/mol. The van der Waals surface area contributed by atoms with E-state index in [0.717, 1.165) is 25.7 Å². The number of ketones is 1. The van der Waals surface area contributed by atoms with Crippen molar-refractivity contribution in [2.45, 2.75) is 57.2 Å². The van der Waals surface area contributed by atoms with Gasteiger partial charge in [0, 0.05) is 11.8 Å². The standard InChI is InChI=1S/C13H20Cl2O/c1-12(2)9-5-4-6-10(16)13(9,3)7-8(14)11(12)15/h8-9,11H,4-7H2,1-3H3/t8-,9+,11+,13+/m1/s1. The summed E-state index contributed by atoms with van der Waals surface area (Å²) in [6.45, 7) is 6.43. The summed E-state index contributed by atoms with van der Waals surface area (Å²) in [5.41, 5.74) is -0.281. The third-order valence-electron chi connectivity index (χ3n) is 4.85. The van der Waals surface area contributed by atoms with Gasteiger partial charge in [0.1, 0.15) is 5.78 Å². The van der Waals surface area contributed by atoms with Crippen LogP contribution in [-0.4, -0.2) is 16.5 Å². The number of carbonyl (C=O) groups is 1. The first-order chi connectivity index (χ1) is 7.30. The van der Waals surface area contributed by atoms with E-state index in [1.54, 1.807) is 0 Å². The number of halogens is 2. The molecule has 92 valence electrons. The Morgan fingerprint density at radius 1 is 1.25 bits per heavy atom. The maximum Gasteiger partial charge on any atom is 0.139 e. The van der Waals surface area contributed by atoms with Gasteiger partial charge in [0.2, 0.25) is 0 Å². The molecule has 2 fully saturated rings. The number of hydrogen-bond donors (Lipinski definition) is 0. The van der Waals surface area contributed by atoms with Gasteiger partial charge in [-0.15, -0.1) is 23.2 Å². The molecule has 2 aliphatic rings. The van der Waals surface area contributed by atoms with Crippen molar-refractivity contribution in [2.24, 2.45) is 16.7 Å². The molecule has 0 aliphatic heterocycles. The molecule has 0 N–H and O–H groups in total. The van der Waals surface area contributed by atoms with Crippen LogP contribution in [0.25, 0.3) is 0 Å². The molecule has 0 amide bonds. The zero-order valence-electron chi connectivity index (χ0n) is 10.2. The fourth-order valence-electron chi connectivity index (χ4n) is 3.88. The number of hydrogen-bond acceptors (Lipinski definition) is 1. The van der Waals surface area contributed by atoms with E-state index < -0.39 is 0 Å². The molecule has 0 aromatic rings. The summed E-state index contributed by atoms with van der Waals surface area (Å²) in [6, 6.07) is 0. The van der Waals surface area contributed by atoms with Crippen LogP contribution >= 0.6 is 23.2 Å². The van der Waals surface area contributed by atoms with E-state index in [4.69, 9.17) is 23.2 Å². The van der Waals surface area contributed by atoms with Gasteiger partial charge in [0.25, 0.3) is 0 Å². The van der Waals surface area contributed by atoms with Gasteiger partial charge in [-0.25, -0.2) is 0 Å². The van der Waals surface area contributed by atoms with E-state index in [9.17, 15) is 4.79 Å². The molecule has 0 aromatic heterocycles. The number of Topliss-reactive ketones (excluding diaryl/α,β-unsaturated/α-hetero) is 1. The first kappa shape index (κ1) is 12.7. The molecule has 16 heavy (non-hydrogen) atoms. The highest BCUT2D eigenvalue weighted by Crippen LogP contribution is 2.58. The lowest BCUT2D eigenvalue weighted by molar-refractivity contribution is -0.142. The van der Waals surface area contributed by atoms with Crippen molar-refractivity contribution in [3.63, 3.8) is 0 Å². The second-order valence-corrected chi connectivity index (χ2v) is 7.26. The second-order valence-electron chi connectivity index (χ2n) is 6.23. The maximum atomic E-state index is 12.2. The fourth-order valence-corrected chi connectivity index (χ4v) is 4.77. The van der Waals surface area contributed by atoms with E-state index >= 15 is 0 Å². The molecule has 0 radical (unpaired) electrons. The molecule has 2 aliphatic carbocycles. The van der Waals surface area contributed by atoms with Gasteiger partial charge in [-0.2, -0.15) is 0 Å². The predicted octanol–water partition coefficient (Wildman–Crippen LogP) is 4.01. The highest BCUT2D eigenvalue weighted by Gasteiger charge is 2.57. The molecule has 0 heterocycles. The lowest BCUT2D eigenvalue weighted by Crippen LogP contribution is -2.57. The van der Waals surface area contributed by atoms with Crippen LogP contribution in [0.4, 0.5) is 0 Å². The second kappa shape index (κ2) is 3.88. The first-order valence-corrected chi connectivity index (χ1v) is 6.99. The summed E-state index contributed by atoms with van der Waals surface area (Å²) < 4.78 is 0. The van der Waals surface area contributed by atoms with Crippen LogP contribution in [0.2, 0.25) is 0 Å². The van der Waals surface area contributed by atoms with Crippen LogP contribution < -0.4 is 0 Å². The number of rotatable bonds is 0. The van der Waals surface area contributed by atoms with Crippen molar-refractivity contribution in [3.8, 4) is 0 Å². The van der Waals surface area contributed by atoms with Crippen molar-refractivity contribution in [3.05, 3.63) is 0 Å². The smallest absolute Gasteiger partial charge is 0.139 e. The summed E-state index contributed by atoms with van der Waals surface area (Å²) in [7, 11) is 0. The van der Waals surface area contributed by atoms with Crippen LogP contribution in [0.5, 0.6) is 0 Å². The Hall–Kier alpha value is 0.250. The fraction of sp³-hybridized carbons (Fsp3) is 0.923. The predicted molar refractivity (Wildman–Crippen MR) is 68.1 cm³/mol. The highest BCUT2D eigenvalue weighted by molar-refractivity contribution is 6.30. The van der Waals surface area contributed by atoms with Gasteiger partial charge in [-0.05, 0) is 30.6 Å². The van der Waals surface area contributed by atoms with Crippen LogP contribution in [0.1, 0.15) is 46.5 Å². The zero-order valence-corrected chi connectivity index (χ0v) is 11.7. The van der Waals surface area contributed by atoms with Crippen LogP contribution in [-0.2, 0) is 4.79 Å². The number of alkyl halides is 2. The van der Waals surface area contributed by atoms with Gasteiger partial charge in [-0.3, -0.25) is 4.79 Å². The van der Waals surface area contributed by atoms with E-state index in [1.807, 2.05) is 0 Å². The third-order valence-corrected chi connectivity index (χ3v) is 6.25. The Labute approximate surface area is 108 Å². The van der Waals surface area contributed by atoms with Gasteiger partial charge in [-0.1, -0.05) is 20.8 Å². The lowest BCUT2D eigenvalue weighted by atomic mass is 9.51. The van der Waals surface area contributed by atoms with Crippen molar-refractivity contribution in [1.29, 1.82) is 0 Å². The number of carbonyl (C=O) groups excluding carboxylic acids is 1. The highest BCUT2D eigenvalue weighted by atomic mass is 35.5. The SMILES string of the molecule is CC1(C)[C@@H](Cl)[C@H](Cl)C[C@]2(C)C(=O)CCC[C@@H]12. The molecular formula is C13H20Cl2O. The summed E-state index contributed by atoms with van der Waals surface area (Å²) in [5.74, 6) is 0.782. The monoisotopic (exact) mass is 262 g/mol. The molecule has 3 heteroatoms. The molecular weight excluding hydrogens is 243 g/mol. The van der Waals surface area contributed by atoms with Gasteiger partial charge in [0.15, 0.2) is 0 Å². The van der Waals surface area contributed by atoms with Crippen LogP contribution in [0, 0.1) is 16.7 Å². The summed E-state index contributed by atoms with van der Waals surface area (Å²) in [6.07, 6.45) is 3.59. The molecule has 0 saturated heterocycles. The van der Waals surface area contributed by atoms with E-state index in [-0.39, 0.29) is 21.6 Å². The Kier molecular flexibility index (Phi) is 3.08. The van der Waals surface area contributed by atoms with Crippen molar-refractivity contribution in [1.82, 2.24) is 0 Å². The van der Waals surface area contributed by atoms with E-state index in [2.05, 4.69) is 20.8 Å². The zero-order chi connectivity index (χ0) is 12.1. The minimum atomic E-state index is -0.237. The molecule has 2 saturated carbocycles. The van der Waals surface area contributed by atoms with Gasteiger partial charge < -0.3 is 0 Å². The van der Waals surface area contributed by atoms with Crippen molar-refractivity contribution in [2.75, 3.05) is 0 Å². The van der Waals surface area contributed by atoms with Crippen LogP contribution in [0.3, 0.4) is 0 Å². The Bertz CT molecular complexity index is 313. The molecule has 4 atom stereocenters. The third kappa shape index (κ3) is 1.62. The topological polar surface area (TPSA) is 17.1 Å². The van der Waals surface area contributed by atoms with Crippen molar-refractivity contribution < 1.29 is 4.79 Å². The molecule has 1 nitrogen and oxygen atoms in total. The average Bonchev–Trinajstić information content (AvgIpc) is 2.19. The summed E-state index contributed by atoms with van der Waals surface area (Å²) in [4.78, 5) is 12.2. The lowest BCUT2D eigenvalue weighted by Gasteiger charge is -2.56. The van der Waals surface area contributed by atoms with Gasteiger partial charge in [0.05, 0.1) is 10.8 Å². The van der Waals surface area contributed by atoms with Crippen molar-refractivity contribution >= 4 is 29.0 Å². The normalized spacial score (nSPS) is 47.6. The minimum Gasteiger partial charge on any atom is -0.299 e. The summed E-state index contributed by atoms with van der Waals surface area (Å²) >= 11 is 12.8. The quantitative estimate of drug-likeness (QED) is 0.603. The maximum absolute atomic E-state index is 12.2. The Morgan fingerprint density at radius 3 is 2.50 bits per heavy atom. The summed E-state index contributed by atoms with van der Waals surface area (Å²) in [5, 5.41) is -0.113. The first-order valence-electron chi connectivity index (χ1n) is 6.11. The molecule has 0 bridgehead atoms. The largest absolute Gasteiger partial charge is 0.299 e. The molecule has 2 rings (SSSR count). The van der Waals surface area contributed by atoms with E-state index in [1.165, 1.54) is 0 Å². The Morgan fingerprint density at radius 2 is 1.88 bits per heavy atom. The minimum absolute atomic E-state index is 0.0295. The van der Waals surface area contributed by atoms with Crippen LogP contribution in [0.15, 0.2) is 0 Å². The molecule has 0 aromatic carbocycles. The Balaban J connectivity index is 2.40. The van der Waals surface area contributed by atoms with Gasteiger partial charge >= 0.3 is 0 Å². The molecule has 0 unspecified atom stereocenters. The van der Waals surface area contributed by atoms with E-state index in [0.29, 0.717) is 11.7 Å². The number of fused-ring (bicyclic) bond motifs is 1. The molecule has 0 spiro atoms.